The highest BCUT2D eigenvalue weighted by Crippen LogP contribution is 2.28. The van der Waals surface area contributed by atoms with Gasteiger partial charge >= 0.3 is 6.61 Å². The third-order valence-corrected chi connectivity index (χ3v) is 2.91. The first-order valence-corrected chi connectivity index (χ1v) is 6.04. The number of nitrogens with one attached hydrogen (secondary N) is 1. The van der Waals surface area contributed by atoms with Gasteiger partial charge in [-0.2, -0.15) is 8.78 Å². The Morgan fingerprint density at radius 2 is 2.11 bits per heavy atom. The van der Waals surface area contributed by atoms with Crippen LogP contribution < -0.4 is 10.1 Å². The predicted octanol–water partition coefficient (Wildman–Crippen LogP) is 2.48. The van der Waals surface area contributed by atoms with Crippen molar-refractivity contribution in [3.63, 3.8) is 0 Å². The molecule has 1 aliphatic heterocycles. The van der Waals surface area contributed by atoms with E-state index in [1.165, 1.54) is 18.2 Å². The first-order valence-electron chi connectivity index (χ1n) is 5.25. The number of halogens is 3. The summed E-state index contributed by atoms with van der Waals surface area (Å²) in [6.45, 7) is -2.96. The minimum Gasteiger partial charge on any atom is -0.434 e. The highest BCUT2D eigenvalue weighted by molar-refractivity contribution is 9.10. The number of hydrogen-bond acceptors (Lipinski definition) is 3. The van der Waals surface area contributed by atoms with Crippen LogP contribution in [0.15, 0.2) is 28.2 Å². The summed E-state index contributed by atoms with van der Waals surface area (Å²) < 4.78 is 29.5. The zero-order chi connectivity index (χ0) is 14.0. The molecular weight excluding hydrogens is 324 g/mol. The molecule has 0 spiro atoms. The van der Waals surface area contributed by atoms with Crippen molar-refractivity contribution in [3.8, 4) is 5.75 Å². The average molecular weight is 332 g/mol. The maximum atomic E-state index is 12.3. The fourth-order valence-corrected chi connectivity index (χ4v) is 2.02. The molecule has 0 aliphatic carbocycles. The van der Waals surface area contributed by atoms with Gasteiger partial charge in [0.15, 0.2) is 0 Å². The van der Waals surface area contributed by atoms with Gasteiger partial charge in [-0.3, -0.25) is 14.9 Å². The van der Waals surface area contributed by atoms with Crippen molar-refractivity contribution >= 4 is 33.8 Å². The van der Waals surface area contributed by atoms with E-state index in [1.54, 1.807) is 6.07 Å². The average Bonchev–Trinajstić information content (AvgIpc) is 2.61. The molecule has 0 atom stereocenters. The molecule has 1 saturated heterocycles. The molecule has 1 heterocycles. The molecule has 1 N–H and O–H groups in total. The number of imide groups is 1. The van der Waals surface area contributed by atoms with Gasteiger partial charge in [0.1, 0.15) is 5.75 Å². The Labute approximate surface area is 115 Å². The largest absolute Gasteiger partial charge is 0.434 e. The van der Waals surface area contributed by atoms with Crippen LogP contribution in [0.1, 0.15) is 12.0 Å². The molecule has 0 aromatic heterocycles. The Hall–Kier alpha value is -1.76. The number of carbonyl (C=O) groups is 2. The van der Waals surface area contributed by atoms with Crippen LogP contribution in [0, 0.1) is 0 Å². The van der Waals surface area contributed by atoms with Crippen molar-refractivity contribution in [2.24, 2.45) is 0 Å². The third kappa shape index (κ3) is 3.37. The number of ether oxygens (including phenoxy) is 1. The molecule has 19 heavy (non-hydrogen) atoms. The van der Waals surface area contributed by atoms with Crippen LogP contribution in [0.3, 0.4) is 0 Å². The molecule has 100 valence electrons. The molecule has 2 rings (SSSR count). The molecule has 0 radical (unpaired) electrons. The Morgan fingerprint density at radius 1 is 1.37 bits per heavy atom. The molecule has 1 fully saturated rings. The SMILES string of the molecule is O=C1CC(=Cc2cc(Br)ccc2OC(F)F)C(=O)N1. The first kappa shape index (κ1) is 13.7. The number of amides is 2. The topological polar surface area (TPSA) is 55.4 Å². The van der Waals surface area contributed by atoms with Crippen molar-refractivity contribution in [1.82, 2.24) is 5.32 Å². The van der Waals surface area contributed by atoms with Crippen molar-refractivity contribution in [3.05, 3.63) is 33.8 Å². The van der Waals surface area contributed by atoms with Crippen LogP contribution in [-0.2, 0) is 9.59 Å². The summed E-state index contributed by atoms with van der Waals surface area (Å²) >= 11 is 3.20. The summed E-state index contributed by atoms with van der Waals surface area (Å²) in [5.41, 5.74) is 0.511. The molecule has 4 nitrogen and oxygen atoms in total. The molecule has 1 aromatic rings. The molecule has 7 heteroatoms. The Balaban J connectivity index is 2.38. The van der Waals surface area contributed by atoms with Gasteiger partial charge < -0.3 is 4.74 Å². The zero-order valence-corrected chi connectivity index (χ0v) is 11.0. The smallest absolute Gasteiger partial charge is 0.387 e. The van der Waals surface area contributed by atoms with Crippen molar-refractivity contribution in [2.45, 2.75) is 13.0 Å². The lowest BCUT2D eigenvalue weighted by atomic mass is 10.1. The number of carbonyl (C=O) groups excluding carboxylic acids is 2. The summed E-state index contributed by atoms with van der Waals surface area (Å²) in [4.78, 5) is 22.5. The number of rotatable bonds is 3. The Morgan fingerprint density at radius 3 is 2.68 bits per heavy atom. The maximum Gasteiger partial charge on any atom is 0.387 e. The molecule has 0 unspecified atom stereocenters. The standard InChI is InChI=1S/C12H8BrF2NO3/c13-8-1-2-9(19-12(14)15)6(4-8)3-7-5-10(17)16-11(7)18/h1-4,12H,5H2,(H,16,17,18). The lowest BCUT2D eigenvalue weighted by Gasteiger charge is -2.08. The van der Waals surface area contributed by atoms with E-state index < -0.39 is 18.4 Å². The minimum absolute atomic E-state index is 0.0575. The van der Waals surface area contributed by atoms with E-state index in [1.807, 2.05) is 0 Å². The second-order valence-electron chi connectivity index (χ2n) is 3.78. The fraction of sp³-hybridized carbons (Fsp3) is 0.167. The molecule has 1 aromatic carbocycles. The summed E-state index contributed by atoms with van der Waals surface area (Å²) in [7, 11) is 0. The summed E-state index contributed by atoms with van der Waals surface area (Å²) in [6, 6.07) is 4.43. The van der Waals surface area contributed by atoms with Gasteiger partial charge in [0, 0.05) is 15.6 Å². The summed E-state index contributed by atoms with van der Waals surface area (Å²) in [5, 5.41) is 2.12. The predicted molar refractivity (Wildman–Crippen MR) is 66.5 cm³/mol. The first-order chi connectivity index (χ1) is 8.95. The number of hydrogen-bond donors (Lipinski definition) is 1. The maximum absolute atomic E-state index is 12.3. The van der Waals surface area contributed by atoms with Crippen molar-refractivity contribution in [1.29, 1.82) is 0 Å². The van der Waals surface area contributed by atoms with Crippen molar-refractivity contribution in [2.75, 3.05) is 0 Å². The van der Waals surface area contributed by atoms with Crippen molar-refractivity contribution < 1.29 is 23.1 Å². The van der Waals surface area contributed by atoms with Crippen LogP contribution in [-0.4, -0.2) is 18.4 Å². The van der Waals surface area contributed by atoms with Gasteiger partial charge in [0.2, 0.25) is 5.91 Å². The van der Waals surface area contributed by atoms with Gasteiger partial charge in [-0.25, -0.2) is 0 Å². The zero-order valence-electron chi connectivity index (χ0n) is 9.45. The van der Waals surface area contributed by atoms with Gasteiger partial charge in [-0.05, 0) is 24.3 Å². The molecule has 0 saturated carbocycles. The fourth-order valence-electron chi connectivity index (χ4n) is 1.64. The van der Waals surface area contributed by atoms with E-state index in [0.717, 1.165) is 0 Å². The van der Waals surface area contributed by atoms with Crippen LogP contribution in [0.2, 0.25) is 0 Å². The minimum atomic E-state index is -2.96. The van der Waals surface area contributed by atoms with E-state index in [4.69, 9.17) is 0 Å². The van der Waals surface area contributed by atoms with Crippen LogP contribution in [0.5, 0.6) is 5.75 Å². The second-order valence-corrected chi connectivity index (χ2v) is 4.70. The molecule has 2 amide bonds. The molecular formula is C12H8BrF2NO3. The van der Waals surface area contributed by atoms with Gasteiger partial charge in [0.25, 0.3) is 5.91 Å². The number of benzene rings is 1. The van der Waals surface area contributed by atoms with E-state index in [-0.39, 0.29) is 17.7 Å². The number of alkyl halides is 2. The lowest BCUT2D eigenvalue weighted by molar-refractivity contribution is -0.124. The molecule has 1 aliphatic rings. The summed E-state index contributed by atoms with van der Waals surface area (Å²) in [6.07, 6.45) is 1.29. The van der Waals surface area contributed by atoms with Crippen LogP contribution in [0.4, 0.5) is 8.78 Å². The lowest BCUT2D eigenvalue weighted by Crippen LogP contribution is -2.19. The van der Waals surface area contributed by atoms with E-state index in [2.05, 4.69) is 26.0 Å². The quantitative estimate of drug-likeness (QED) is 0.683. The van der Waals surface area contributed by atoms with Gasteiger partial charge in [-0.1, -0.05) is 15.9 Å². The van der Waals surface area contributed by atoms with E-state index in [0.29, 0.717) is 10.0 Å². The highest BCUT2D eigenvalue weighted by Gasteiger charge is 2.24. The Bertz CT molecular complexity index is 572. The van der Waals surface area contributed by atoms with Gasteiger partial charge in [0.05, 0.1) is 6.42 Å². The van der Waals surface area contributed by atoms with Crippen LogP contribution in [0.25, 0.3) is 6.08 Å². The highest BCUT2D eigenvalue weighted by atomic mass is 79.9. The second kappa shape index (κ2) is 5.48. The normalized spacial score (nSPS) is 17.2. The van der Waals surface area contributed by atoms with E-state index >= 15 is 0 Å². The van der Waals surface area contributed by atoms with E-state index in [9.17, 15) is 18.4 Å². The monoisotopic (exact) mass is 331 g/mol. The molecule has 0 bridgehead atoms. The third-order valence-electron chi connectivity index (χ3n) is 2.41. The Kier molecular flexibility index (Phi) is 3.94. The van der Waals surface area contributed by atoms with Crippen LogP contribution >= 0.6 is 15.9 Å². The van der Waals surface area contributed by atoms with Gasteiger partial charge in [-0.15, -0.1) is 0 Å². The summed E-state index contributed by atoms with van der Waals surface area (Å²) in [5.74, 6) is -0.992.